The third kappa shape index (κ3) is 7.21. The van der Waals surface area contributed by atoms with Crippen LogP contribution in [0.15, 0.2) is 84.6 Å². The fourth-order valence-corrected chi connectivity index (χ4v) is 8.03. The van der Waals surface area contributed by atoms with Crippen molar-refractivity contribution >= 4 is 11.5 Å². The summed E-state index contributed by atoms with van der Waals surface area (Å²) in [4.78, 5) is 22.5. The maximum atomic E-state index is 13.9. The molecule has 2 saturated heterocycles. The minimum absolute atomic E-state index is 0.0525. The summed E-state index contributed by atoms with van der Waals surface area (Å²) in [5.74, 6) is 0.0342. The number of hydrogen-bond acceptors (Lipinski definition) is 4. The maximum Gasteiger partial charge on any atom is 0.416 e. The fourth-order valence-electron chi connectivity index (χ4n) is 8.03. The molecule has 3 aliphatic heterocycles. The van der Waals surface area contributed by atoms with Crippen LogP contribution in [-0.4, -0.2) is 62.1 Å². The Morgan fingerprint density at radius 2 is 1.49 bits per heavy atom. The van der Waals surface area contributed by atoms with E-state index in [2.05, 4.69) is 21.6 Å². The summed E-state index contributed by atoms with van der Waals surface area (Å²) in [6.07, 6.45) is -4.45. The molecule has 0 radical (unpaired) electrons. The smallest absolute Gasteiger partial charge is 0.390 e. The minimum Gasteiger partial charge on any atom is -0.390 e. The Morgan fingerprint density at radius 1 is 0.824 bits per heavy atom. The number of benzene rings is 3. The molecule has 0 bridgehead atoms. The lowest BCUT2D eigenvalue weighted by molar-refractivity contribution is -0.143. The number of piperidine rings is 2. The first-order valence-corrected chi connectivity index (χ1v) is 17.2. The van der Waals surface area contributed by atoms with Crippen molar-refractivity contribution in [2.75, 3.05) is 19.6 Å². The number of imidazole rings is 1. The molecule has 4 aromatic rings. The average molecular weight is 709 g/mol. The van der Waals surface area contributed by atoms with Gasteiger partial charge < -0.3 is 14.6 Å². The second kappa shape index (κ2) is 14.0. The van der Waals surface area contributed by atoms with Crippen LogP contribution in [0.3, 0.4) is 0 Å². The lowest BCUT2D eigenvalue weighted by Crippen LogP contribution is -2.53. The van der Waals surface area contributed by atoms with Gasteiger partial charge in [0.15, 0.2) is 0 Å². The van der Waals surface area contributed by atoms with Gasteiger partial charge in [0.25, 0.3) is 5.91 Å². The topological polar surface area (TPSA) is 61.6 Å². The van der Waals surface area contributed by atoms with Crippen LogP contribution >= 0.6 is 0 Å². The fraction of sp³-hybridized carbons (Fsp3) is 0.385. The molecule has 3 aliphatic rings. The van der Waals surface area contributed by atoms with E-state index >= 15 is 0 Å². The second-order valence-electron chi connectivity index (χ2n) is 13.6. The molecule has 1 aromatic heterocycles. The van der Waals surface area contributed by atoms with Crippen LogP contribution in [-0.2, 0) is 38.3 Å². The highest BCUT2D eigenvalue weighted by Crippen LogP contribution is 2.39. The van der Waals surface area contributed by atoms with Crippen LogP contribution in [0, 0.1) is 0 Å². The van der Waals surface area contributed by atoms with Crippen molar-refractivity contribution in [2.24, 2.45) is 0 Å². The summed E-state index contributed by atoms with van der Waals surface area (Å²) < 4.78 is 84.2. The predicted octanol–water partition coefficient (Wildman–Crippen LogP) is 7.78. The standard InChI is InChI=1S/C39H38F6N4O2/c40-38(41,42)29-19-28(20-30(21-29)39(43,44)45)37(51)49-17-13-31(22-32(49)18-25-6-2-1-3-7-25)47-14-10-27(11-15-47)35-34-9-5-4-8-26(34)12-16-48-33(24-50)23-46-36(35)48/h1-9,19-21,23,31-32,50H,10-18,22,24H2/t31-,32-/m1/s1. The monoisotopic (exact) mass is 708 g/mol. The number of aliphatic hydroxyl groups excluding tert-OH is 1. The molecule has 6 nitrogen and oxygen atoms in total. The molecule has 2 atom stereocenters. The van der Waals surface area contributed by atoms with Crippen LogP contribution in [0.5, 0.6) is 0 Å². The van der Waals surface area contributed by atoms with Gasteiger partial charge in [-0.1, -0.05) is 60.2 Å². The number of aromatic nitrogens is 2. The third-order valence-electron chi connectivity index (χ3n) is 10.6. The van der Waals surface area contributed by atoms with E-state index in [1.165, 1.54) is 16.0 Å². The van der Waals surface area contributed by atoms with Gasteiger partial charge in [0.1, 0.15) is 5.82 Å². The summed E-state index contributed by atoms with van der Waals surface area (Å²) in [5.41, 5.74) is 2.89. The largest absolute Gasteiger partial charge is 0.416 e. The Bertz CT molecular complexity index is 1890. The van der Waals surface area contributed by atoms with Gasteiger partial charge in [-0.15, -0.1) is 0 Å². The Labute approximate surface area is 292 Å². The number of amides is 1. The molecule has 2 fully saturated rings. The number of halogens is 6. The van der Waals surface area contributed by atoms with E-state index < -0.39 is 41.0 Å². The van der Waals surface area contributed by atoms with Crippen molar-refractivity contribution in [3.05, 3.63) is 129 Å². The van der Waals surface area contributed by atoms with E-state index in [-0.39, 0.29) is 25.3 Å². The zero-order valence-corrected chi connectivity index (χ0v) is 27.9. The molecule has 268 valence electrons. The average Bonchev–Trinajstić information content (AvgIpc) is 3.45. The summed E-state index contributed by atoms with van der Waals surface area (Å²) >= 11 is 0. The number of alkyl halides is 6. The summed E-state index contributed by atoms with van der Waals surface area (Å²) in [5, 5.41) is 9.99. The maximum absolute atomic E-state index is 13.9. The number of rotatable bonds is 5. The van der Waals surface area contributed by atoms with Gasteiger partial charge in [-0.05, 0) is 73.4 Å². The van der Waals surface area contributed by atoms with E-state index in [9.17, 15) is 36.2 Å². The molecule has 0 unspecified atom stereocenters. The van der Waals surface area contributed by atoms with Crippen molar-refractivity contribution in [1.29, 1.82) is 0 Å². The Morgan fingerprint density at radius 3 is 2.16 bits per heavy atom. The molecule has 12 heteroatoms. The number of aryl methyl sites for hydroxylation is 1. The molecule has 1 amide bonds. The van der Waals surface area contributed by atoms with Gasteiger partial charge in [-0.2, -0.15) is 26.3 Å². The van der Waals surface area contributed by atoms with Crippen LogP contribution in [0.1, 0.15) is 75.4 Å². The number of aliphatic hydroxyl groups is 1. The Hall–Kier alpha value is -4.42. The summed E-state index contributed by atoms with van der Waals surface area (Å²) in [7, 11) is 0. The second-order valence-corrected chi connectivity index (χ2v) is 13.6. The van der Waals surface area contributed by atoms with Crippen LogP contribution in [0.4, 0.5) is 26.3 Å². The van der Waals surface area contributed by atoms with Gasteiger partial charge in [-0.3, -0.25) is 9.69 Å². The number of carbonyl (C=O) groups excluding carboxylic acids is 1. The normalized spacial score (nSPS) is 20.2. The highest BCUT2D eigenvalue weighted by atomic mass is 19.4. The van der Waals surface area contributed by atoms with Crippen LogP contribution < -0.4 is 0 Å². The predicted molar refractivity (Wildman–Crippen MR) is 180 cm³/mol. The minimum atomic E-state index is -5.05. The molecule has 0 saturated carbocycles. The van der Waals surface area contributed by atoms with E-state index in [4.69, 9.17) is 4.98 Å². The van der Waals surface area contributed by atoms with Crippen molar-refractivity contribution in [2.45, 2.75) is 76.1 Å². The Balaban J connectivity index is 1.15. The van der Waals surface area contributed by atoms with E-state index in [1.54, 1.807) is 6.20 Å². The first-order valence-electron chi connectivity index (χ1n) is 17.2. The molecule has 1 N–H and O–H groups in total. The highest BCUT2D eigenvalue weighted by Gasteiger charge is 2.40. The lowest BCUT2D eigenvalue weighted by atomic mass is 9.87. The van der Waals surface area contributed by atoms with E-state index in [1.807, 2.05) is 42.5 Å². The zero-order valence-electron chi connectivity index (χ0n) is 27.9. The van der Waals surface area contributed by atoms with Gasteiger partial charge in [0.2, 0.25) is 0 Å². The Kier molecular flexibility index (Phi) is 9.57. The lowest BCUT2D eigenvalue weighted by Gasteiger charge is -2.45. The first-order chi connectivity index (χ1) is 24.4. The van der Waals surface area contributed by atoms with Gasteiger partial charge in [0.05, 0.1) is 29.6 Å². The number of likely N-dealkylation sites (tertiary alicyclic amines) is 2. The number of hydrogen-bond donors (Lipinski definition) is 1. The van der Waals surface area contributed by atoms with Gasteiger partial charge >= 0.3 is 12.4 Å². The van der Waals surface area contributed by atoms with Crippen molar-refractivity contribution in [1.82, 2.24) is 19.4 Å². The van der Waals surface area contributed by atoms with Crippen molar-refractivity contribution in [3.8, 4) is 0 Å². The van der Waals surface area contributed by atoms with Crippen LogP contribution in [0.25, 0.3) is 5.57 Å². The number of fused-ring (bicyclic) bond motifs is 2. The summed E-state index contributed by atoms with van der Waals surface area (Å²) in [6.45, 7) is 2.35. The van der Waals surface area contributed by atoms with Gasteiger partial charge in [0, 0.05) is 49.4 Å². The van der Waals surface area contributed by atoms with Crippen molar-refractivity contribution in [3.63, 3.8) is 0 Å². The highest BCUT2D eigenvalue weighted by molar-refractivity contribution is 5.95. The summed E-state index contributed by atoms with van der Waals surface area (Å²) in [6, 6.07) is 18.5. The van der Waals surface area contributed by atoms with E-state index in [0.29, 0.717) is 31.4 Å². The first kappa shape index (κ1) is 35.0. The molecule has 3 aromatic carbocycles. The SMILES string of the molecule is O=C(c1cc(C(F)(F)F)cc(C(F)(F)F)c1)N1CC[C@@H](N2CCC(=C3c4ccccc4CCn4c(CO)cnc43)CC2)C[C@H]1Cc1ccccc1. The molecule has 7 rings (SSSR count). The molecule has 4 heterocycles. The molecule has 51 heavy (non-hydrogen) atoms. The molecular weight excluding hydrogens is 670 g/mol. The molecule has 0 spiro atoms. The third-order valence-corrected chi connectivity index (χ3v) is 10.6. The zero-order chi connectivity index (χ0) is 35.9. The van der Waals surface area contributed by atoms with Crippen LogP contribution in [0.2, 0.25) is 0 Å². The van der Waals surface area contributed by atoms with Gasteiger partial charge in [-0.25, -0.2) is 4.98 Å². The number of carbonyl (C=O) groups is 1. The van der Waals surface area contributed by atoms with Crippen molar-refractivity contribution < 1.29 is 36.2 Å². The van der Waals surface area contributed by atoms with E-state index in [0.717, 1.165) is 67.1 Å². The number of nitrogens with zero attached hydrogens (tertiary/aromatic N) is 4. The quantitative estimate of drug-likeness (QED) is 0.215. The molecule has 0 aliphatic carbocycles. The molecular formula is C39H38F6N4O2.